The van der Waals surface area contributed by atoms with Crippen LogP contribution in [-0.2, 0) is 16.6 Å². The normalized spacial score (nSPS) is 11.6. The molecule has 0 aliphatic heterocycles. The molecule has 108 valence electrons. The van der Waals surface area contributed by atoms with Crippen LogP contribution in [0.15, 0.2) is 23.2 Å². The molecule has 0 atom stereocenters. The Balaban J connectivity index is 2.43. The van der Waals surface area contributed by atoms with Crippen LogP contribution in [0.5, 0.6) is 0 Å². The molecular formula is C12H15ClN4O2S. The van der Waals surface area contributed by atoms with Crippen molar-refractivity contribution in [2.24, 2.45) is 0 Å². The van der Waals surface area contributed by atoms with Gasteiger partial charge in [0.25, 0.3) is 10.0 Å². The van der Waals surface area contributed by atoms with Gasteiger partial charge < -0.3 is 0 Å². The molecule has 20 heavy (non-hydrogen) atoms. The van der Waals surface area contributed by atoms with Gasteiger partial charge in [-0.2, -0.15) is 5.10 Å². The van der Waals surface area contributed by atoms with Gasteiger partial charge in [-0.3, -0.25) is 9.40 Å². The number of nitrogens with one attached hydrogen (secondary N) is 1. The predicted molar refractivity (Wildman–Crippen MR) is 77.4 cm³/mol. The number of aromatic nitrogens is 3. The van der Waals surface area contributed by atoms with Crippen molar-refractivity contribution in [1.82, 2.24) is 14.8 Å². The first kappa shape index (κ1) is 14.8. The molecule has 2 aromatic heterocycles. The Morgan fingerprint density at radius 1 is 1.40 bits per heavy atom. The molecule has 8 heteroatoms. The molecule has 0 amide bonds. The van der Waals surface area contributed by atoms with Crippen molar-refractivity contribution in [2.75, 3.05) is 4.72 Å². The molecule has 0 unspecified atom stereocenters. The minimum absolute atomic E-state index is 0.181. The molecule has 6 nitrogen and oxygen atoms in total. The maximum atomic E-state index is 12.4. The molecule has 0 fully saturated rings. The average molecular weight is 315 g/mol. The Labute approximate surface area is 122 Å². The number of anilines is 1. The first-order chi connectivity index (χ1) is 9.35. The number of nitrogens with zero attached hydrogens (tertiary/aromatic N) is 3. The average Bonchev–Trinajstić information content (AvgIpc) is 2.64. The Morgan fingerprint density at radius 2 is 2.10 bits per heavy atom. The fourth-order valence-corrected chi connectivity index (χ4v) is 3.60. The van der Waals surface area contributed by atoms with E-state index in [0.717, 1.165) is 0 Å². The van der Waals surface area contributed by atoms with Crippen molar-refractivity contribution >= 4 is 27.4 Å². The van der Waals surface area contributed by atoms with E-state index in [9.17, 15) is 8.42 Å². The minimum atomic E-state index is -3.74. The maximum Gasteiger partial charge on any atom is 0.266 e. The van der Waals surface area contributed by atoms with Crippen LogP contribution in [0.25, 0.3) is 0 Å². The van der Waals surface area contributed by atoms with Crippen molar-refractivity contribution in [3.05, 3.63) is 34.7 Å². The summed E-state index contributed by atoms with van der Waals surface area (Å²) in [5.74, 6) is 0.181. The molecule has 2 aromatic rings. The Bertz CT molecular complexity index is 740. The Kier molecular flexibility index (Phi) is 4.01. The van der Waals surface area contributed by atoms with E-state index < -0.39 is 10.0 Å². The zero-order valence-electron chi connectivity index (χ0n) is 11.4. The second-order valence-corrected chi connectivity index (χ2v) is 6.34. The topological polar surface area (TPSA) is 76.9 Å². The summed E-state index contributed by atoms with van der Waals surface area (Å²) in [5.41, 5.74) is 1.05. The van der Waals surface area contributed by atoms with Crippen molar-refractivity contribution < 1.29 is 8.42 Å². The lowest BCUT2D eigenvalue weighted by atomic mass is 10.4. The van der Waals surface area contributed by atoms with Crippen LogP contribution >= 0.6 is 11.6 Å². The van der Waals surface area contributed by atoms with Crippen LogP contribution in [0, 0.1) is 13.8 Å². The maximum absolute atomic E-state index is 12.4. The molecular weight excluding hydrogens is 300 g/mol. The zero-order valence-corrected chi connectivity index (χ0v) is 13.0. The third kappa shape index (κ3) is 2.78. The largest absolute Gasteiger partial charge is 0.268 e. The molecule has 0 aliphatic rings. The highest BCUT2D eigenvalue weighted by molar-refractivity contribution is 7.92. The van der Waals surface area contributed by atoms with Crippen LogP contribution in [0.3, 0.4) is 0 Å². The van der Waals surface area contributed by atoms with Gasteiger partial charge >= 0.3 is 0 Å². The molecule has 0 radical (unpaired) electrons. The lowest BCUT2D eigenvalue weighted by Gasteiger charge is -2.08. The minimum Gasteiger partial charge on any atom is -0.268 e. The van der Waals surface area contributed by atoms with Gasteiger partial charge in [0.15, 0.2) is 0 Å². The second kappa shape index (κ2) is 5.41. The highest BCUT2D eigenvalue weighted by Gasteiger charge is 2.24. The molecule has 2 heterocycles. The van der Waals surface area contributed by atoms with E-state index in [-0.39, 0.29) is 10.7 Å². The quantitative estimate of drug-likeness (QED) is 0.940. The lowest BCUT2D eigenvalue weighted by Crippen LogP contribution is -2.15. The summed E-state index contributed by atoms with van der Waals surface area (Å²) in [4.78, 5) is 4.12. The number of halogens is 1. The van der Waals surface area contributed by atoms with E-state index in [1.807, 2.05) is 6.92 Å². The smallest absolute Gasteiger partial charge is 0.266 e. The van der Waals surface area contributed by atoms with Gasteiger partial charge in [0.05, 0.1) is 11.4 Å². The number of pyridine rings is 1. The van der Waals surface area contributed by atoms with Gasteiger partial charge in [-0.05, 0) is 26.8 Å². The Hall–Kier alpha value is -1.60. The first-order valence-electron chi connectivity index (χ1n) is 6.03. The lowest BCUT2D eigenvalue weighted by molar-refractivity contribution is 0.598. The molecule has 1 N–H and O–H groups in total. The summed E-state index contributed by atoms with van der Waals surface area (Å²) < 4.78 is 28.9. The van der Waals surface area contributed by atoms with Gasteiger partial charge in [-0.25, -0.2) is 13.4 Å². The van der Waals surface area contributed by atoms with Crippen molar-refractivity contribution in [1.29, 1.82) is 0 Å². The summed E-state index contributed by atoms with van der Waals surface area (Å²) >= 11 is 5.82. The Morgan fingerprint density at radius 3 is 2.65 bits per heavy atom. The van der Waals surface area contributed by atoms with Crippen LogP contribution in [0.1, 0.15) is 18.3 Å². The van der Waals surface area contributed by atoms with E-state index in [1.54, 1.807) is 24.6 Å². The fraction of sp³-hybridized carbons (Fsp3) is 0.333. The van der Waals surface area contributed by atoms with Gasteiger partial charge in [-0.1, -0.05) is 11.6 Å². The fourth-order valence-electron chi connectivity index (χ4n) is 2.03. The molecule has 2 rings (SSSR count). The SMILES string of the molecule is CCn1nc(C)c(S(=O)(=O)Nc2cc(Cl)ccn2)c1C. The van der Waals surface area contributed by atoms with Crippen molar-refractivity contribution in [3.63, 3.8) is 0 Å². The van der Waals surface area contributed by atoms with Crippen LogP contribution < -0.4 is 4.72 Å². The van der Waals surface area contributed by atoms with Crippen LogP contribution in [-0.4, -0.2) is 23.2 Å². The summed E-state index contributed by atoms with van der Waals surface area (Å²) in [7, 11) is -3.74. The summed E-state index contributed by atoms with van der Waals surface area (Å²) in [6.07, 6.45) is 1.44. The standard InChI is InChI=1S/C12H15ClN4O2S/c1-4-17-9(3)12(8(2)15-17)20(18,19)16-11-7-10(13)5-6-14-11/h5-7H,4H2,1-3H3,(H,14,16). The molecule has 0 aromatic carbocycles. The van der Waals surface area contributed by atoms with Gasteiger partial charge in [0.1, 0.15) is 10.7 Å². The summed E-state index contributed by atoms with van der Waals surface area (Å²) in [6.45, 7) is 5.90. The van der Waals surface area contributed by atoms with E-state index >= 15 is 0 Å². The number of sulfonamides is 1. The molecule has 0 bridgehead atoms. The number of hydrogen-bond acceptors (Lipinski definition) is 4. The number of rotatable bonds is 4. The number of aryl methyl sites for hydroxylation is 2. The van der Waals surface area contributed by atoms with Crippen molar-refractivity contribution in [2.45, 2.75) is 32.2 Å². The summed E-state index contributed by atoms with van der Waals surface area (Å²) in [5, 5.41) is 4.62. The zero-order chi connectivity index (χ0) is 14.9. The second-order valence-electron chi connectivity index (χ2n) is 4.28. The third-order valence-corrected chi connectivity index (χ3v) is 4.69. The molecule has 0 saturated carbocycles. The predicted octanol–water partition coefficient (Wildman–Crippen LogP) is 2.37. The van der Waals surface area contributed by atoms with Crippen molar-refractivity contribution in [3.8, 4) is 0 Å². The van der Waals surface area contributed by atoms with Crippen LogP contribution in [0.2, 0.25) is 5.02 Å². The van der Waals surface area contributed by atoms with E-state index in [2.05, 4.69) is 14.8 Å². The van der Waals surface area contributed by atoms with Crippen LogP contribution in [0.4, 0.5) is 5.82 Å². The van der Waals surface area contributed by atoms with Gasteiger partial charge in [0, 0.05) is 23.8 Å². The molecule has 0 spiro atoms. The molecule has 0 aliphatic carbocycles. The van der Waals surface area contributed by atoms with Gasteiger partial charge in [-0.15, -0.1) is 0 Å². The monoisotopic (exact) mass is 314 g/mol. The molecule has 0 saturated heterocycles. The van der Waals surface area contributed by atoms with E-state index in [1.165, 1.54) is 12.3 Å². The highest BCUT2D eigenvalue weighted by Crippen LogP contribution is 2.22. The summed E-state index contributed by atoms with van der Waals surface area (Å²) in [6, 6.07) is 3.03. The highest BCUT2D eigenvalue weighted by atomic mass is 35.5. The third-order valence-electron chi connectivity index (χ3n) is 2.84. The number of hydrogen-bond donors (Lipinski definition) is 1. The first-order valence-corrected chi connectivity index (χ1v) is 7.89. The van der Waals surface area contributed by atoms with Gasteiger partial charge in [0.2, 0.25) is 0 Å². The van der Waals surface area contributed by atoms with E-state index in [4.69, 9.17) is 11.6 Å². The van der Waals surface area contributed by atoms with E-state index in [0.29, 0.717) is 23.0 Å².